The molecule has 0 saturated carbocycles. The topological polar surface area (TPSA) is 51.6 Å². The second-order valence-corrected chi connectivity index (χ2v) is 10.9. The Hall–Kier alpha value is -4.44. The van der Waals surface area contributed by atoms with Crippen molar-refractivity contribution < 1.29 is 0 Å². The van der Waals surface area contributed by atoms with Gasteiger partial charge in [0.15, 0.2) is 0 Å². The molecule has 2 heterocycles. The van der Waals surface area contributed by atoms with Gasteiger partial charge in [0, 0.05) is 0 Å². The predicted molar refractivity (Wildman–Crippen MR) is 151 cm³/mol. The molecule has 0 fully saturated rings. The van der Waals surface area contributed by atoms with Gasteiger partial charge < -0.3 is 0 Å². The van der Waals surface area contributed by atoms with Crippen LogP contribution in [-0.4, -0.2) is 34.4 Å². The number of nitrogens with zero attached hydrogens (tertiary/aromatic N) is 4. The van der Waals surface area contributed by atoms with E-state index in [9.17, 15) is 0 Å². The monoisotopic (exact) mass is 540 g/mol. The summed E-state index contributed by atoms with van der Waals surface area (Å²) in [6.07, 6.45) is 0. The van der Waals surface area contributed by atoms with Gasteiger partial charge >= 0.3 is 221 Å². The third kappa shape index (κ3) is 4.15. The Kier molecular flexibility index (Phi) is 5.43. The van der Waals surface area contributed by atoms with E-state index in [1.54, 1.807) is 0 Å². The quantitative estimate of drug-likeness (QED) is 0.220. The van der Waals surface area contributed by atoms with Crippen molar-refractivity contribution in [3.8, 4) is 44.3 Å². The number of hydrogen-bond donors (Lipinski definition) is 0. The first-order chi connectivity index (χ1) is 18.3. The number of hydrogen-bond acceptors (Lipinski definition) is 4. The van der Waals surface area contributed by atoms with E-state index in [4.69, 9.17) is 19.9 Å². The van der Waals surface area contributed by atoms with Crippen LogP contribution in [0.25, 0.3) is 64.8 Å². The zero-order chi connectivity index (χ0) is 24.6. The average Bonchev–Trinajstić information content (AvgIpc) is 3.43. The Bertz CT molecular complexity index is 1810. The van der Waals surface area contributed by atoms with Crippen LogP contribution in [0.5, 0.6) is 0 Å². The van der Waals surface area contributed by atoms with Crippen molar-refractivity contribution in [3.05, 3.63) is 121 Å². The first-order valence-corrected chi connectivity index (χ1v) is 13.8. The Labute approximate surface area is 220 Å². The van der Waals surface area contributed by atoms with Crippen molar-refractivity contribution in [2.75, 3.05) is 0 Å². The summed E-state index contributed by atoms with van der Waals surface area (Å²) in [6, 6.07) is 41.4. The molecule has 0 atom stereocenters. The third-order valence-corrected chi connectivity index (χ3v) is 8.60. The SMILES string of the molecule is c1ccc(-c2nc(-c3ccccc3)nc(-c3ccc4ccc5[se]c(-c6ccccc6)nc5c4c3)n2)cc1. The molecule has 0 bridgehead atoms. The normalized spacial score (nSPS) is 11.2. The minimum atomic E-state index is 0.176. The van der Waals surface area contributed by atoms with Crippen molar-refractivity contribution in [1.29, 1.82) is 0 Å². The molecule has 5 heteroatoms. The van der Waals surface area contributed by atoms with Crippen LogP contribution in [-0.2, 0) is 0 Å². The Morgan fingerprint density at radius 1 is 0.432 bits per heavy atom. The Balaban J connectivity index is 1.42. The maximum absolute atomic E-state index is 5.11. The first-order valence-electron chi connectivity index (χ1n) is 12.1. The predicted octanol–water partition coefficient (Wildman–Crippen LogP) is 7.30. The fourth-order valence-electron chi connectivity index (χ4n) is 4.49. The fourth-order valence-corrected chi connectivity index (χ4v) is 6.56. The summed E-state index contributed by atoms with van der Waals surface area (Å²) in [5, 5.41) is 2.29. The second kappa shape index (κ2) is 9.21. The molecule has 7 rings (SSSR count). The van der Waals surface area contributed by atoms with Gasteiger partial charge in [-0.1, -0.05) is 0 Å². The van der Waals surface area contributed by atoms with Gasteiger partial charge in [0.05, 0.1) is 0 Å². The van der Waals surface area contributed by atoms with Crippen LogP contribution in [0.15, 0.2) is 121 Å². The molecule has 5 aromatic carbocycles. The molecule has 4 nitrogen and oxygen atoms in total. The van der Waals surface area contributed by atoms with Crippen LogP contribution in [0.2, 0.25) is 0 Å². The molecular formula is C32H20N4Se. The fraction of sp³-hybridized carbons (Fsp3) is 0. The zero-order valence-electron chi connectivity index (χ0n) is 19.7. The summed E-state index contributed by atoms with van der Waals surface area (Å²) in [4.78, 5) is 19.7. The van der Waals surface area contributed by atoms with E-state index in [2.05, 4.69) is 54.6 Å². The maximum atomic E-state index is 5.11. The number of fused-ring (bicyclic) bond motifs is 3. The molecule has 37 heavy (non-hydrogen) atoms. The van der Waals surface area contributed by atoms with Gasteiger partial charge in [-0.3, -0.25) is 0 Å². The van der Waals surface area contributed by atoms with E-state index in [0.717, 1.165) is 33.0 Å². The van der Waals surface area contributed by atoms with E-state index in [1.165, 1.54) is 14.4 Å². The molecule has 2 aromatic heterocycles. The van der Waals surface area contributed by atoms with E-state index < -0.39 is 0 Å². The van der Waals surface area contributed by atoms with Gasteiger partial charge in [0.25, 0.3) is 0 Å². The summed E-state index contributed by atoms with van der Waals surface area (Å²) >= 11 is 0.176. The summed E-state index contributed by atoms with van der Waals surface area (Å²) in [5.41, 5.74) is 5.14. The van der Waals surface area contributed by atoms with Crippen LogP contribution in [0.3, 0.4) is 0 Å². The van der Waals surface area contributed by atoms with Crippen molar-refractivity contribution >= 4 is 35.1 Å². The van der Waals surface area contributed by atoms with E-state index in [0.29, 0.717) is 17.5 Å². The molecule has 0 radical (unpaired) electrons. The van der Waals surface area contributed by atoms with Crippen LogP contribution < -0.4 is 0 Å². The van der Waals surface area contributed by atoms with Gasteiger partial charge in [-0.25, -0.2) is 0 Å². The van der Waals surface area contributed by atoms with Crippen molar-refractivity contribution in [1.82, 2.24) is 19.9 Å². The van der Waals surface area contributed by atoms with Gasteiger partial charge in [-0.05, 0) is 0 Å². The molecule has 0 amide bonds. The van der Waals surface area contributed by atoms with E-state index >= 15 is 0 Å². The summed E-state index contributed by atoms with van der Waals surface area (Å²) in [5.74, 6) is 1.98. The van der Waals surface area contributed by atoms with Crippen LogP contribution in [0.1, 0.15) is 0 Å². The first kappa shape index (κ1) is 21.8. The van der Waals surface area contributed by atoms with E-state index in [-0.39, 0.29) is 14.5 Å². The summed E-state index contributed by atoms with van der Waals surface area (Å²) in [7, 11) is 0. The second-order valence-electron chi connectivity index (χ2n) is 8.77. The number of aromatic nitrogens is 4. The minimum absolute atomic E-state index is 0.176. The number of benzene rings is 5. The van der Waals surface area contributed by atoms with Crippen LogP contribution in [0.4, 0.5) is 0 Å². The van der Waals surface area contributed by atoms with Gasteiger partial charge in [0.1, 0.15) is 0 Å². The van der Waals surface area contributed by atoms with Gasteiger partial charge in [-0.15, -0.1) is 0 Å². The summed E-state index contributed by atoms with van der Waals surface area (Å²) < 4.78 is 2.47. The van der Waals surface area contributed by atoms with Crippen molar-refractivity contribution in [2.24, 2.45) is 0 Å². The summed E-state index contributed by atoms with van der Waals surface area (Å²) in [6.45, 7) is 0. The number of rotatable bonds is 4. The molecule has 0 N–H and O–H groups in total. The Morgan fingerprint density at radius 3 is 1.54 bits per heavy atom. The molecule has 174 valence electrons. The third-order valence-electron chi connectivity index (χ3n) is 6.35. The van der Waals surface area contributed by atoms with Gasteiger partial charge in [-0.2, -0.15) is 0 Å². The molecule has 0 aliphatic carbocycles. The van der Waals surface area contributed by atoms with Crippen molar-refractivity contribution in [3.63, 3.8) is 0 Å². The van der Waals surface area contributed by atoms with Crippen molar-refractivity contribution in [2.45, 2.75) is 0 Å². The zero-order valence-corrected chi connectivity index (χ0v) is 21.5. The van der Waals surface area contributed by atoms with Crippen LogP contribution in [0, 0.1) is 0 Å². The molecular weight excluding hydrogens is 519 g/mol. The van der Waals surface area contributed by atoms with Gasteiger partial charge in [0.2, 0.25) is 0 Å². The molecule has 0 aliphatic heterocycles. The molecule has 0 unspecified atom stereocenters. The molecule has 0 aliphatic rings. The standard InChI is InChI=1S/C32H20N4Se/c1-4-10-22(11-5-1)29-34-30(23-12-6-2-7-13-23)36-31(35-29)25-17-16-21-18-19-27-28(26(21)20-25)33-32(37-27)24-14-8-3-9-15-24/h1-20H. The van der Waals surface area contributed by atoms with E-state index in [1.807, 2.05) is 66.7 Å². The molecule has 7 aromatic rings. The Morgan fingerprint density at radius 2 is 0.946 bits per heavy atom. The average molecular weight is 540 g/mol. The molecule has 0 spiro atoms. The van der Waals surface area contributed by atoms with Crippen LogP contribution >= 0.6 is 0 Å². The molecule has 0 saturated heterocycles.